The van der Waals surface area contributed by atoms with Crippen molar-refractivity contribution < 1.29 is 0 Å². The van der Waals surface area contributed by atoms with Crippen LogP contribution in [-0.4, -0.2) is 57.1 Å². The van der Waals surface area contributed by atoms with Gasteiger partial charge in [-0.1, -0.05) is 17.3 Å². The molecule has 3 fully saturated rings. The average molecular weight is 348 g/mol. The van der Waals surface area contributed by atoms with Crippen molar-refractivity contribution in [2.75, 3.05) is 31.1 Å². The zero-order chi connectivity index (χ0) is 17.5. The van der Waals surface area contributed by atoms with Crippen molar-refractivity contribution in [2.45, 2.75) is 18.9 Å². The molecule has 3 saturated heterocycles. The molecule has 7 heteroatoms. The predicted molar refractivity (Wildman–Crippen MR) is 99.7 cm³/mol. The SMILES string of the molecule is O=c1c2ccccc2nnn1-c1ccc(N2CCN3CCC2CC3)nc1. The van der Waals surface area contributed by atoms with Crippen molar-refractivity contribution >= 4 is 16.7 Å². The van der Waals surface area contributed by atoms with Gasteiger partial charge in [0.15, 0.2) is 0 Å². The molecule has 3 aliphatic heterocycles. The lowest BCUT2D eigenvalue weighted by molar-refractivity contribution is 0.250. The first-order chi connectivity index (χ1) is 12.8. The van der Waals surface area contributed by atoms with Crippen molar-refractivity contribution in [1.29, 1.82) is 0 Å². The lowest BCUT2D eigenvalue weighted by atomic mass is 10.1. The first-order valence-corrected chi connectivity index (χ1v) is 9.10. The number of pyridine rings is 1. The van der Waals surface area contributed by atoms with Gasteiger partial charge in [-0.25, -0.2) is 4.98 Å². The summed E-state index contributed by atoms with van der Waals surface area (Å²) in [5.41, 5.74) is 1.07. The highest BCUT2D eigenvalue weighted by Crippen LogP contribution is 2.25. The second-order valence-corrected chi connectivity index (χ2v) is 6.96. The fraction of sp³-hybridized carbons (Fsp3) is 0.368. The second-order valence-electron chi connectivity index (χ2n) is 6.96. The maximum atomic E-state index is 12.7. The van der Waals surface area contributed by atoms with Crippen LogP contribution in [0.5, 0.6) is 0 Å². The summed E-state index contributed by atoms with van der Waals surface area (Å²) in [7, 11) is 0. The van der Waals surface area contributed by atoms with Crippen LogP contribution in [0.2, 0.25) is 0 Å². The third-order valence-electron chi connectivity index (χ3n) is 5.49. The number of anilines is 1. The number of piperidine rings is 1. The number of aromatic nitrogens is 4. The van der Waals surface area contributed by atoms with Gasteiger partial charge in [0, 0.05) is 32.2 Å². The number of rotatable bonds is 2. The summed E-state index contributed by atoms with van der Waals surface area (Å²) in [4.78, 5) is 22.3. The van der Waals surface area contributed by atoms with Crippen molar-refractivity contribution in [3.63, 3.8) is 0 Å². The molecule has 0 unspecified atom stereocenters. The van der Waals surface area contributed by atoms with Crippen LogP contribution < -0.4 is 10.5 Å². The predicted octanol–water partition coefficient (Wildman–Crippen LogP) is 1.46. The molecule has 5 heterocycles. The molecule has 2 aromatic heterocycles. The summed E-state index contributed by atoms with van der Waals surface area (Å²) in [6.45, 7) is 4.46. The Morgan fingerprint density at radius 1 is 0.962 bits per heavy atom. The molecule has 0 spiro atoms. The van der Waals surface area contributed by atoms with E-state index in [9.17, 15) is 4.79 Å². The van der Waals surface area contributed by atoms with Gasteiger partial charge in [-0.3, -0.25) is 4.79 Å². The Morgan fingerprint density at radius 3 is 2.62 bits per heavy atom. The smallest absolute Gasteiger partial charge is 0.282 e. The molecule has 2 bridgehead atoms. The Kier molecular flexibility index (Phi) is 3.67. The van der Waals surface area contributed by atoms with Gasteiger partial charge in [0.1, 0.15) is 11.3 Å². The maximum Gasteiger partial charge on any atom is 0.282 e. The van der Waals surface area contributed by atoms with Crippen molar-refractivity contribution in [3.8, 4) is 5.69 Å². The highest BCUT2D eigenvalue weighted by molar-refractivity contribution is 5.76. The molecule has 7 nitrogen and oxygen atoms in total. The minimum Gasteiger partial charge on any atom is -0.352 e. The van der Waals surface area contributed by atoms with E-state index in [0.29, 0.717) is 22.6 Å². The fourth-order valence-corrected chi connectivity index (χ4v) is 4.02. The zero-order valence-electron chi connectivity index (χ0n) is 14.5. The topological polar surface area (TPSA) is 67.2 Å². The number of hydrogen-bond acceptors (Lipinski definition) is 6. The third-order valence-corrected chi connectivity index (χ3v) is 5.49. The normalized spacial score (nSPS) is 22.5. The Labute approximate surface area is 150 Å². The molecule has 1 aromatic carbocycles. The first kappa shape index (κ1) is 15.5. The molecule has 6 rings (SSSR count). The summed E-state index contributed by atoms with van der Waals surface area (Å²) < 4.78 is 1.32. The quantitative estimate of drug-likeness (QED) is 0.698. The summed E-state index contributed by atoms with van der Waals surface area (Å²) in [6, 6.07) is 11.7. The second kappa shape index (κ2) is 6.17. The lowest BCUT2D eigenvalue weighted by Crippen LogP contribution is -2.38. The molecular formula is C19H20N6O. The molecule has 3 aliphatic rings. The number of fused-ring (bicyclic) bond motifs is 5. The average Bonchev–Trinajstić information content (AvgIpc) is 3.03. The van der Waals surface area contributed by atoms with E-state index in [0.717, 1.165) is 18.9 Å². The summed E-state index contributed by atoms with van der Waals surface area (Å²) in [6.07, 6.45) is 4.11. The Morgan fingerprint density at radius 2 is 1.81 bits per heavy atom. The maximum absolute atomic E-state index is 12.7. The van der Waals surface area contributed by atoms with E-state index >= 15 is 0 Å². The van der Waals surface area contributed by atoms with Crippen LogP contribution in [0, 0.1) is 0 Å². The van der Waals surface area contributed by atoms with Gasteiger partial charge in [0.2, 0.25) is 0 Å². The van der Waals surface area contributed by atoms with Crippen LogP contribution in [0.15, 0.2) is 47.4 Å². The number of hydrogen-bond donors (Lipinski definition) is 0. The van der Waals surface area contributed by atoms with Crippen LogP contribution in [0.25, 0.3) is 16.6 Å². The van der Waals surface area contributed by atoms with Crippen LogP contribution in [0.4, 0.5) is 5.82 Å². The van der Waals surface area contributed by atoms with E-state index in [1.807, 2.05) is 24.3 Å². The molecule has 26 heavy (non-hydrogen) atoms. The van der Waals surface area contributed by atoms with Crippen LogP contribution in [0.1, 0.15) is 12.8 Å². The van der Waals surface area contributed by atoms with E-state index < -0.39 is 0 Å². The van der Waals surface area contributed by atoms with Gasteiger partial charge in [0.25, 0.3) is 5.56 Å². The number of nitrogens with zero attached hydrogens (tertiary/aromatic N) is 6. The summed E-state index contributed by atoms with van der Waals surface area (Å²) in [5, 5.41) is 8.77. The van der Waals surface area contributed by atoms with Gasteiger partial charge >= 0.3 is 0 Å². The summed E-state index contributed by atoms with van der Waals surface area (Å²) >= 11 is 0. The third kappa shape index (κ3) is 2.55. The standard InChI is InChI=1S/C19H20N6O/c26-19-16-3-1-2-4-17(16)21-22-25(19)15-5-6-18(20-13-15)24-12-11-23-9-7-14(24)8-10-23/h1-6,13-14H,7-12H2. The van der Waals surface area contributed by atoms with E-state index in [2.05, 4.69) is 25.1 Å². The minimum atomic E-state index is -0.175. The largest absolute Gasteiger partial charge is 0.352 e. The molecule has 0 radical (unpaired) electrons. The minimum absolute atomic E-state index is 0.175. The van der Waals surface area contributed by atoms with E-state index in [-0.39, 0.29) is 5.56 Å². The summed E-state index contributed by atoms with van der Waals surface area (Å²) in [5.74, 6) is 0.976. The van der Waals surface area contributed by atoms with Crippen molar-refractivity contribution in [2.24, 2.45) is 0 Å². The van der Waals surface area contributed by atoms with E-state index in [4.69, 9.17) is 0 Å². The highest BCUT2D eigenvalue weighted by Gasteiger charge is 2.29. The Hall–Kier alpha value is -2.80. The van der Waals surface area contributed by atoms with Crippen LogP contribution in [0.3, 0.4) is 0 Å². The van der Waals surface area contributed by atoms with E-state index in [1.165, 1.54) is 30.6 Å². The van der Waals surface area contributed by atoms with Gasteiger partial charge in [0.05, 0.1) is 17.3 Å². The molecular weight excluding hydrogens is 328 g/mol. The van der Waals surface area contributed by atoms with Crippen LogP contribution >= 0.6 is 0 Å². The molecule has 0 N–H and O–H groups in total. The van der Waals surface area contributed by atoms with Gasteiger partial charge < -0.3 is 9.80 Å². The molecule has 3 aromatic rings. The molecule has 0 atom stereocenters. The van der Waals surface area contributed by atoms with Gasteiger partial charge in [-0.2, -0.15) is 4.68 Å². The fourth-order valence-electron chi connectivity index (χ4n) is 4.02. The van der Waals surface area contributed by atoms with Crippen LogP contribution in [-0.2, 0) is 0 Å². The van der Waals surface area contributed by atoms with Crippen molar-refractivity contribution in [3.05, 3.63) is 52.9 Å². The zero-order valence-corrected chi connectivity index (χ0v) is 14.5. The molecule has 0 aliphatic carbocycles. The lowest BCUT2D eigenvalue weighted by Gasteiger charge is -2.32. The van der Waals surface area contributed by atoms with Crippen molar-refractivity contribution in [1.82, 2.24) is 24.9 Å². The Balaban J connectivity index is 1.49. The van der Waals surface area contributed by atoms with E-state index in [1.54, 1.807) is 18.3 Å². The Bertz CT molecular complexity index is 991. The molecule has 132 valence electrons. The van der Waals surface area contributed by atoms with Gasteiger partial charge in [-0.05, 0) is 37.1 Å². The first-order valence-electron chi connectivity index (χ1n) is 9.10. The van der Waals surface area contributed by atoms with Gasteiger partial charge in [-0.15, -0.1) is 5.10 Å². The monoisotopic (exact) mass is 348 g/mol. The highest BCUT2D eigenvalue weighted by atomic mass is 16.1. The number of benzene rings is 1. The molecule has 0 amide bonds. The molecule has 0 saturated carbocycles.